The average molecular weight is 462 g/mol. The fraction of sp³-hybridized carbons (Fsp3) is 0.500. The number of fused-ring (bicyclic) bond motifs is 1. The van der Waals surface area contributed by atoms with Gasteiger partial charge in [-0.25, -0.2) is 0 Å². The van der Waals surface area contributed by atoms with Gasteiger partial charge in [0, 0.05) is 23.6 Å². The second-order valence-corrected chi connectivity index (χ2v) is 10.2. The number of hydrogen-bond donors (Lipinski definition) is 0. The molecule has 1 fully saturated rings. The van der Waals surface area contributed by atoms with Crippen molar-refractivity contribution in [1.29, 1.82) is 0 Å². The predicted octanol–water partition coefficient (Wildman–Crippen LogP) is 7.71. The molecule has 4 heteroatoms. The van der Waals surface area contributed by atoms with E-state index in [1.165, 1.54) is 27.8 Å². The second kappa shape index (κ2) is 9.85. The summed E-state index contributed by atoms with van der Waals surface area (Å²) in [5.41, 5.74) is 8.30. The molecule has 2 aromatic rings. The van der Waals surface area contributed by atoms with Crippen molar-refractivity contribution < 1.29 is 9.72 Å². The first-order valence-corrected chi connectivity index (χ1v) is 12.3. The van der Waals surface area contributed by atoms with Gasteiger partial charge in [-0.05, 0) is 79.0 Å². The van der Waals surface area contributed by atoms with Gasteiger partial charge in [0.2, 0.25) is 0 Å². The minimum absolute atomic E-state index is 0. The van der Waals surface area contributed by atoms with E-state index in [1.807, 2.05) is 6.07 Å². The molecule has 0 bridgehead atoms. The second-order valence-electron chi connectivity index (χ2n) is 10.2. The Morgan fingerprint density at radius 3 is 2.18 bits per heavy atom. The molecule has 0 amide bonds. The number of nitro benzene ring substituents is 1. The van der Waals surface area contributed by atoms with Gasteiger partial charge in [-0.1, -0.05) is 70.5 Å². The highest BCUT2D eigenvalue weighted by Crippen LogP contribution is 2.56. The fourth-order valence-electron chi connectivity index (χ4n) is 6.76. The number of aryl methyl sites for hydroxylation is 3. The third kappa shape index (κ3) is 4.12. The first kappa shape index (κ1) is 25.9. The molecule has 3 unspecified atom stereocenters. The maximum atomic E-state index is 14.0. The zero-order valence-electron chi connectivity index (χ0n) is 20.6. The van der Waals surface area contributed by atoms with E-state index >= 15 is 0 Å². The van der Waals surface area contributed by atoms with Crippen molar-refractivity contribution in [3.8, 4) is 0 Å². The van der Waals surface area contributed by atoms with Crippen LogP contribution in [0.25, 0.3) is 5.57 Å². The molecule has 0 aliphatic heterocycles. The van der Waals surface area contributed by atoms with E-state index < -0.39 is 0 Å². The van der Waals surface area contributed by atoms with Gasteiger partial charge in [-0.15, -0.1) is 0 Å². The van der Waals surface area contributed by atoms with Crippen LogP contribution in [0.15, 0.2) is 42.0 Å². The van der Waals surface area contributed by atoms with E-state index in [9.17, 15) is 14.9 Å². The highest BCUT2D eigenvalue weighted by molar-refractivity contribution is 6.26. The first-order valence-electron chi connectivity index (χ1n) is 12.3. The van der Waals surface area contributed by atoms with Gasteiger partial charge in [0.15, 0.2) is 5.78 Å². The lowest BCUT2D eigenvalue weighted by Gasteiger charge is -2.42. The molecule has 5 atom stereocenters. The molecule has 4 nitrogen and oxygen atoms in total. The van der Waals surface area contributed by atoms with Gasteiger partial charge >= 0.3 is 0 Å². The Hall–Kier alpha value is -2.75. The number of carbonyl (C=O) groups is 1. The van der Waals surface area contributed by atoms with Crippen LogP contribution in [0.2, 0.25) is 0 Å². The summed E-state index contributed by atoms with van der Waals surface area (Å²) in [5, 5.41) is 11.4. The van der Waals surface area contributed by atoms with Crippen LogP contribution in [0.3, 0.4) is 0 Å². The molecule has 4 rings (SSSR count). The smallest absolute Gasteiger partial charge is 0.269 e. The number of hydrogen-bond acceptors (Lipinski definition) is 3. The Morgan fingerprint density at radius 2 is 1.62 bits per heavy atom. The summed E-state index contributed by atoms with van der Waals surface area (Å²) in [7, 11) is 0. The SMILES string of the molecule is C.CCc1cc(C)cc(CC)c1C1=C(C)[C@@H]2C(C)C(c3cccc([N+](=O)[O-])c3)CC(C)[C@@H]2C1=O. The van der Waals surface area contributed by atoms with Crippen molar-refractivity contribution in [3.63, 3.8) is 0 Å². The molecule has 0 heterocycles. The summed E-state index contributed by atoms with van der Waals surface area (Å²) in [4.78, 5) is 25.0. The topological polar surface area (TPSA) is 60.2 Å². The van der Waals surface area contributed by atoms with Gasteiger partial charge in [-0.3, -0.25) is 14.9 Å². The van der Waals surface area contributed by atoms with Crippen LogP contribution in [-0.2, 0) is 17.6 Å². The number of nitrogens with zero attached hydrogens (tertiary/aromatic N) is 1. The van der Waals surface area contributed by atoms with Crippen LogP contribution < -0.4 is 0 Å². The summed E-state index contributed by atoms with van der Waals surface area (Å²) in [5.74, 6) is 1.17. The Labute approximate surface area is 204 Å². The number of rotatable bonds is 5. The molecular formula is C30H39NO3. The number of allylic oxidation sites excluding steroid dienone is 2. The number of non-ortho nitro benzene ring substituents is 1. The van der Waals surface area contributed by atoms with Gasteiger partial charge in [-0.2, -0.15) is 0 Å². The van der Waals surface area contributed by atoms with Gasteiger partial charge < -0.3 is 0 Å². The largest absolute Gasteiger partial charge is 0.294 e. The molecular weight excluding hydrogens is 422 g/mol. The molecule has 0 aromatic heterocycles. The summed E-state index contributed by atoms with van der Waals surface area (Å²) >= 11 is 0. The minimum atomic E-state index is -0.318. The molecule has 1 saturated carbocycles. The standard InChI is InChI=1S/C29H35NO3.CH4/c1-7-20-12-16(3)13-21(8-2)28(20)27-19(6)26-18(5)24(14-17(4)25(26)29(27)31)22-10-9-11-23(15-22)30(32)33;/h9-13,15,17-18,24-26H,7-8,14H2,1-6H3;1H4/t17?,18?,24?,25-,26-;/m0./s1. The van der Waals surface area contributed by atoms with Crippen molar-refractivity contribution in [2.75, 3.05) is 0 Å². The Bertz CT molecular complexity index is 1120. The zero-order chi connectivity index (χ0) is 24.0. The van der Waals surface area contributed by atoms with E-state index in [2.05, 4.69) is 53.7 Å². The fourth-order valence-corrected chi connectivity index (χ4v) is 6.76. The number of Topliss-reactive ketones (excluding diaryl/α,β-unsaturated/α-hetero) is 1. The van der Waals surface area contributed by atoms with Crippen molar-refractivity contribution in [2.24, 2.45) is 23.7 Å². The molecule has 0 saturated heterocycles. The van der Waals surface area contributed by atoms with Crippen LogP contribution in [-0.4, -0.2) is 10.7 Å². The van der Waals surface area contributed by atoms with Gasteiger partial charge in [0.05, 0.1) is 4.92 Å². The first-order chi connectivity index (χ1) is 15.7. The van der Waals surface area contributed by atoms with E-state index in [0.717, 1.165) is 30.4 Å². The van der Waals surface area contributed by atoms with Crippen LogP contribution in [0, 0.1) is 40.7 Å². The Morgan fingerprint density at radius 1 is 1.00 bits per heavy atom. The lowest BCUT2D eigenvalue weighted by Crippen LogP contribution is -2.38. The molecule has 0 N–H and O–H groups in total. The normalized spacial score (nSPS) is 26.3. The van der Waals surface area contributed by atoms with Crippen molar-refractivity contribution in [2.45, 2.75) is 74.1 Å². The van der Waals surface area contributed by atoms with E-state index in [-0.39, 0.29) is 47.6 Å². The lowest BCUT2D eigenvalue weighted by molar-refractivity contribution is -0.384. The van der Waals surface area contributed by atoms with Crippen LogP contribution >= 0.6 is 0 Å². The molecule has 182 valence electrons. The van der Waals surface area contributed by atoms with E-state index in [4.69, 9.17) is 0 Å². The lowest BCUT2D eigenvalue weighted by atomic mass is 9.61. The number of carbonyl (C=O) groups excluding carboxylic acids is 1. The molecule has 0 spiro atoms. The maximum absolute atomic E-state index is 14.0. The summed E-state index contributed by atoms with van der Waals surface area (Å²) in [6.07, 6.45) is 2.70. The van der Waals surface area contributed by atoms with Crippen LogP contribution in [0.1, 0.15) is 82.2 Å². The quantitative estimate of drug-likeness (QED) is 0.338. The average Bonchev–Trinajstić information content (AvgIpc) is 3.06. The minimum Gasteiger partial charge on any atom is -0.294 e. The molecule has 34 heavy (non-hydrogen) atoms. The van der Waals surface area contributed by atoms with Crippen molar-refractivity contribution in [3.05, 3.63) is 79.9 Å². The molecule has 0 radical (unpaired) electrons. The third-order valence-electron chi connectivity index (χ3n) is 8.24. The monoisotopic (exact) mass is 461 g/mol. The van der Waals surface area contributed by atoms with Gasteiger partial charge in [0.1, 0.15) is 0 Å². The number of benzene rings is 2. The Kier molecular flexibility index (Phi) is 7.50. The highest BCUT2D eigenvalue weighted by atomic mass is 16.6. The van der Waals surface area contributed by atoms with Crippen molar-refractivity contribution >= 4 is 17.0 Å². The number of ketones is 1. The van der Waals surface area contributed by atoms with Crippen molar-refractivity contribution in [1.82, 2.24) is 0 Å². The predicted molar refractivity (Wildman–Crippen MR) is 140 cm³/mol. The zero-order valence-corrected chi connectivity index (χ0v) is 20.6. The van der Waals surface area contributed by atoms with Gasteiger partial charge in [0.25, 0.3) is 5.69 Å². The molecule has 2 aromatic carbocycles. The highest BCUT2D eigenvalue weighted by Gasteiger charge is 2.51. The van der Waals surface area contributed by atoms with Crippen LogP contribution in [0.4, 0.5) is 5.69 Å². The molecule has 2 aliphatic carbocycles. The van der Waals surface area contributed by atoms with Crippen LogP contribution in [0.5, 0.6) is 0 Å². The summed E-state index contributed by atoms with van der Waals surface area (Å²) in [6, 6.07) is 11.6. The number of nitro groups is 1. The Balaban J connectivity index is 0.00000324. The summed E-state index contributed by atoms with van der Waals surface area (Å²) in [6.45, 7) is 13.1. The molecule has 2 aliphatic rings. The van der Waals surface area contributed by atoms with E-state index in [0.29, 0.717) is 5.78 Å². The summed E-state index contributed by atoms with van der Waals surface area (Å²) < 4.78 is 0. The van der Waals surface area contributed by atoms with E-state index in [1.54, 1.807) is 18.2 Å². The third-order valence-corrected chi connectivity index (χ3v) is 8.24. The maximum Gasteiger partial charge on any atom is 0.269 e.